The summed E-state index contributed by atoms with van der Waals surface area (Å²) in [6, 6.07) is 12.5. The molecule has 4 fully saturated rings. The van der Waals surface area contributed by atoms with Crippen molar-refractivity contribution in [3.63, 3.8) is 0 Å². The summed E-state index contributed by atoms with van der Waals surface area (Å²) in [5, 5.41) is 28.1. The van der Waals surface area contributed by atoms with E-state index in [0.29, 0.717) is 37.9 Å². The van der Waals surface area contributed by atoms with Gasteiger partial charge in [-0.25, -0.2) is 0 Å². The highest BCUT2D eigenvalue weighted by Gasteiger charge is 2.68. The smallest absolute Gasteiger partial charge is 0.310 e. The number of hydrogen-bond acceptors (Lipinski definition) is 9. The van der Waals surface area contributed by atoms with E-state index in [0.717, 1.165) is 17.5 Å². The lowest BCUT2D eigenvalue weighted by Crippen LogP contribution is -2.72. The molecule has 6 rings (SSSR count). The number of phenols is 1. The first-order valence-electron chi connectivity index (χ1n) is 16.8. The van der Waals surface area contributed by atoms with Crippen molar-refractivity contribution in [2.45, 2.75) is 75.0 Å². The van der Waals surface area contributed by atoms with Gasteiger partial charge in [-0.2, -0.15) is 11.8 Å². The number of hydrogen-bond donors (Lipinski definition) is 7. The van der Waals surface area contributed by atoms with Crippen molar-refractivity contribution in [2.75, 3.05) is 18.6 Å². The van der Waals surface area contributed by atoms with Crippen LogP contribution in [0.4, 0.5) is 0 Å². The minimum Gasteiger partial charge on any atom is -0.508 e. The van der Waals surface area contributed by atoms with Crippen LogP contribution in [0.25, 0.3) is 0 Å². The molecule has 12 nitrogen and oxygen atoms in total. The fraction of sp³-hybridized carbons (Fsp3) is 0.528. The number of thioether (sulfide) groups is 1. The van der Waals surface area contributed by atoms with E-state index in [2.05, 4.69) is 16.0 Å². The second-order valence-electron chi connectivity index (χ2n) is 14.2. The molecule has 0 spiro atoms. The Morgan fingerprint density at radius 1 is 0.878 bits per heavy atom. The third-order valence-corrected chi connectivity index (χ3v) is 11.1. The molecule has 9 N–H and O–H groups in total. The maximum absolute atomic E-state index is 14.5. The molecule has 6 atom stereocenters. The van der Waals surface area contributed by atoms with Crippen molar-refractivity contribution in [3.8, 4) is 5.75 Å². The molecule has 0 aliphatic heterocycles. The van der Waals surface area contributed by atoms with Gasteiger partial charge in [-0.15, -0.1) is 0 Å². The summed E-state index contributed by atoms with van der Waals surface area (Å²) in [5.74, 6) is -3.11. The van der Waals surface area contributed by atoms with E-state index in [-0.39, 0.29) is 36.2 Å². The molecule has 3 unspecified atom stereocenters. The zero-order valence-electron chi connectivity index (χ0n) is 27.7. The number of amides is 3. The van der Waals surface area contributed by atoms with Crippen LogP contribution in [0.5, 0.6) is 5.75 Å². The SMILES string of the molecule is CSCC[C@@H](NC(=O)[C@@H](N)Cc1ccc(O)cc1)C(=O)NCC(=O)N[C@@H](Cc1ccccc1)C(=O)C1C2(N)CC3CC(C2)CC1(C(=O)O)C3. The number of carbonyl (C=O) groups is 5. The van der Waals surface area contributed by atoms with Crippen LogP contribution in [0.15, 0.2) is 54.6 Å². The Hall–Kier alpha value is -3.94. The third kappa shape index (κ3) is 8.27. The van der Waals surface area contributed by atoms with Crippen LogP contribution in [-0.2, 0) is 36.8 Å². The minimum atomic E-state index is -1.27. The summed E-state index contributed by atoms with van der Waals surface area (Å²) < 4.78 is 0. The number of Topliss-reactive ketones (excluding diaryl/α,β-unsaturated/α-hetero) is 1. The Bertz CT molecular complexity index is 1520. The number of carboxylic acids is 1. The van der Waals surface area contributed by atoms with Gasteiger partial charge in [0.2, 0.25) is 17.7 Å². The van der Waals surface area contributed by atoms with Gasteiger partial charge in [-0.05, 0) is 98.5 Å². The average Bonchev–Trinajstić information content (AvgIpc) is 3.05. The molecule has 0 saturated heterocycles. The van der Waals surface area contributed by atoms with Crippen LogP contribution in [0.3, 0.4) is 0 Å². The zero-order chi connectivity index (χ0) is 35.3. The Kier molecular flexibility index (Phi) is 11.4. The molecule has 4 bridgehead atoms. The van der Waals surface area contributed by atoms with Crippen molar-refractivity contribution < 1.29 is 34.2 Å². The van der Waals surface area contributed by atoms with Gasteiger partial charge in [0.05, 0.1) is 30.0 Å². The third-order valence-electron chi connectivity index (χ3n) is 10.5. The fourth-order valence-electron chi connectivity index (χ4n) is 8.67. The summed E-state index contributed by atoms with van der Waals surface area (Å²) in [6.07, 6.45) is 5.39. The predicted octanol–water partition coefficient (Wildman–Crippen LogP) is 1.52. The summed E-state index contributed by atoms with van der Waals surface area (Å²) in [5.41, 5.74) is 12.3. The molecule has 49 heavy (non-hydrogen) atoms. The van der Waals surface area contributed by atoms with Crippen LogP contribution >= 0.6 is 11.8 Å². The number of ketones is 1. The van der Waals surface area contributed by atoms with Gasteiger partial charge in [-0.1, -0.05) is 42.5 Å². The second-order valence-corrected chi connectivity index (χ2v) is 15.1. The van der Waals surface area contributed by atoms with E-state index >= 15 is 0 Å². The first-order valence-corrected chi connectivity index (χ1v) is 18.2. The van der Waals surface area contributed by atoms with Crippen LogP contribution < -0.4 is 27.4 Å². The highest BCUT2D eigenvalue weighted by molar-refractivity contribution is 7.98. The number of nitrogens with two attached hydrogens (primary N) is 2. The quantitative estimate of drug-likeness (QED) is 0.135. The first-order chi connectivity index (χ1) is 23.3. The zero-order valence-corrected chi connectivity index (χ0v) is 28.5. The van der Waals surface area contributed by atoms with Crippen molar-refractivity contribution in [1.82, 2.24) is 16.0 Å². The lowest BCUT2D eigenvalue weighted by molar-refractivity contribution is -0.185. The number of aliphatic carboxylic acids is 1. The van der Waals surface area contributed by atoms with Crippen LogP contribution in [0.1, 0.15) is 49.7 Å². The van der Waals surface area contributed by atoms with Crippen molar-refractivity contribution in [3.05, 3.63) is 65.7 Å². The second kappa shape index (κ2) is 15.3. The Labute approximate surface area is 290 Å². The molecule has 4 aliphatic rings. The maximum atomic E-state index is 14.5. The van der Waals surface area contributed by atoms with Gasteiger partial charge in [0.15, 0.2) is 5.78 Å². The van der Waals surface area contributed by atoms with Gasteiger partial charge in [0.1, 0.15) is 11.8 Å². The number of benzene rings is 2. The van der Waals surface area contributed by atoms with Gasteiger partial charge < -0.3 is 37.6 Å². The largest absolute Gasteiger partial charge is 0.508 e. The van der Waals surface area contributed by atoms with E-state index in [1.807, 2.05) is 36.6 Å². The molecule has 4 aliphatic carbocycles. The maximum Gasteiger partial charge on any atom is 0.310 e. The van der Waals surface area contributed by atoms with Gasteiger partial charge in [0.25, 0.3) is 0 Å². The van der Waals surface area contributed by atoms with Gasteiger partial charge in [-0.3, -0.25) is 24.0 Å². The summed E-state index contributed by atoms with van der Waals surface area (Å²) in [4.78, 5) is 66.9. The number of carbonyl (C=O) groups excluding carboxylic acids is 4. The monoisotopic (exact) mass is 693 g/mol. The molecular formula is C36H47N5O7S. The molecular weight excluding hydrogens is 646 g/mol. The standard InChI is InChI=1S/C36H47N5O7S/c1-49-12-11-27(41-32(45)26(37)14-22-7-9-25(42)10-8-22)33(46)39-20-29(43)40-28(15-21-5-3-2-4-6-21)30(44)31-35(34(47)48)16-23-13-24(17-35)19-36(31,38)18-23/h2-10,23-24,26-28,31,42H,11-20,37-38H2,1H3,(H,39,46)(H,40,43)(H,41,45)(H,47,48)/t23?,24?,26-,27+,28-,31?,35?,36?/m0/s1. The molecule has 0 heterocycles. The van der Waals surface area contributed by atoms with Gasteiger partial charge in [0, 0.05) is 5.54 Å². The lowest BCUT2D eigenvalue weighted by Gasteiger charge is -2.63. The molecule has 2 aromatic rings. The Morgan fingerprint density at radius 2 is 1.51 bits per heavy atom. The highest BCUT2D eigenvalue weighted by Crippen LogP contribution is 2.64. The molecule has 4 saturated carbocycles. The topological polar surface area (TPSA) is 214 Å². The van der Waals surface area contributed by atoms with Gasteiger partial charge >= 0.3 is 5.97 Å². The number of phenolic OH excluding ortho intramolecular Hbond substituents is 1. The van der Waals surface area contributed by atoms with Crippen molar-refractivity contribution in [1.29, 1.82) is 0 Å². The molecule has 0 aromatic heterocycles. The number of aromatic hydroxyl groups is 1. The number of nitrogens with one attached hydrogen (secondary N) is 3. The van der Waals surface area contributed by atoms with Crippen LogP contribution in [0, 0.1) is 23.2 Å². The lowest BCUT2D eigenvalue weighted by atomic mass is 9.41. The normalized spacial score (nSPS) is 27.0. The fourth-order valence-corrected chi connectivity index (χ4v) is 9.14. The van der Waals surface area contributed by atoms with E-state index in [1.165, 1.54) is 23.9 Å². The number of carboxylic acid groups (broad SMARTS) is 1. The van der Waals surface area contributed by atoms with E-state index < -0.39 is 65.2 Å². The molecule has 3 amide bonds. The van der Waals surface area contributed by atoms with E-state index in [1.54, 1.807) is 12.1 Å². The minimum absolute atomic E-state index is 0.0932. The van der Waals surface area contributed by atoms with Crippen LogP contribution in [-0.4, -0.2) is 81.9 Å². The Morgan fingerprint density at radius 3 is 2.12 bits per heavy atom. The summed E-state index contributed by atoms with van der Waals surface area (Å²) in [7, 11) is 0. The predicted molar refractivity (Wildman–Crippen MR) is 185 cm³/mol. The Balaban J connectivity index is 1.26. The first kappa shape index (κ1) is 36.3. The van der Waals surface area contributed by atoms with Crippen molar-refractivity contribution in [2.24, 2.45) is 34.6 Å². The average molecular weight is 694 g/mol. The molecule has 0 radical (unpaired) electrons. The van der Waals surface area contributed by atoms with Crippen LogP contribution in [0.2, 0.25) is 0 Å². The highest BCUT2D eigenvalue weighted by atomic mass is 32.2. The van der Waals surface area contributed by atoms with E-state index in [4.69, 9.17) is 11.5 Å². The van der Waals surface area contributed by atoms with E-state index in [9.17, 15) is 34.2 Å². The summed E-state index contributed by atoms with van der Waals surface area (Å²) in [6.45, 7) is -0.463. The molecule has 2 aromatic carbocycles. The molecule has 264 valence electrons. The van der Waals surface area contributed by atoms with Crippen molar-refractivity contribution >= 4 is 41.2 Å². The molecule has 13 heteroatoms. The number of rotatable bonds is 16. The summed E-state index contributed by atoms with van der Waals surface area (Å²) >= 11 is 1.49.